The highest BCUT2D eigenvalue weighted by atomic mass is 16.3. The molecule has 2 amide bonds. The van der Waals surface area contributed by atoms with Crippen LogP contribution in [-0.4, -0.2) is 56.0 Å². The fourth-order valence-electron chi connectivity index (χ4n) is 5.03. The number of unbranched alkanes of at least 4 members (excludes halogenated alkanes) is 4. The molecule has 0 spiro atoms. The number of phenols is 2. The predicted molar refractivity (Wildman–Crippen MR) is 157 cm³/mol. The summed E-state index contributed by atoms with van der Waals surface area (Å²) in [5.74, 6) is -0.852. The molecule has 4 aromatic rings. The van der Waals surface area contributed by atoms with Crippen LogP contribution in [0.15, 0.2) is 53.5 Å². The molecule has 0 radical (unpaired) electrons. The molecule has 0 fully saturated rings. The molecule has 9 heteroatoms. The van der Waals surface area contributed by atoms with Crippen LogP contribution < -0.4 is 10.7 Å². The quantitative estimate of drug-likeness (QED) is 0.151. The molecule has 9 nitrogen and oxygen atoms in total. The van der Waals surface area contributed by atoms with Gasteiger partial charge in [-0.15, -0.1) is 0 Å². The van der Waals surface area contributed by atoms with Crippen LogP contribution in [0.1, 0.15) is 68.4 Å². The van der Waals surface area contributed by atoms with E-state index < -0.39 is 17.4 Å². The van der Waals surface area contributed by atoms with Crippen molar-refractivity contribution in [3.63, 3.8) is 0 Å². The molecular weight excluding hydrogens is 508 g/mol. The summed E-state index contributed by atoms with van der Waals surface area (Å²) < 4.78 is 0. The van der Waals surface area contributed by atoms with Crippen molar-refractivity contribution in [2.75, 3.05) is 13.1 Å². The highest BCUT2D eigenvalue weighted by Gasteiger charge is 2.28. The van der Waals surface area contributed by atoms with Gasteiger partial charge in [-0.25, -0.2) is 0 Å². The van der Waals surface area contributed by atoms with E-state index in [1.54, 1.807) is 36.5 Å². The second-order valence-electron chi connectivity index (χ2n) is 10.3. The molecule has 0 aliphatic heterocycles. The molecule has 0 saturated heterocycles. The number of aromatic hydroxyl groups is 2. The van der Waals surface area contributed by atoms with E-state index in [1.165, 1.54) is 12.1 Å². The van der Waals surface area contributed by atoms with Crippen molar-refractivity contribution in [1.82, 2.24) is 20.2 Å². The van der Waals surface area contributed by atoms with Crippen LogP contribution in [-0.2, 0) is 11.2 Å². The molecule has 0 saturated carbocycles. The SMILES string of the molecule is CCCCCN(CCCCC)C(=O)C(Cc1c[nH]c2ccc(O)cc12)NC(=O)c1cc(=O)c2cccc(O)c2[nH]1. The molecule has 1 atom stereocenters. The Labute approximate surface area is 233 Å². The van der Waals surface area contributed by atoms with Crippen molar-refractivity contribution in [3.05, 3.63) is 70.1 Å². The predicted octanol–water partition coefficient (Wildman–Crippen LogP) is 4.97. The summed E-state index contributed by atoms with van der Waals surface area (Å²) in [6, 6.07) is 9.81. The summed E-state index contributed by atoms with van der Waals surface area (Å²) in [7, 11) is 0. The third kappa shape index (κ3) is 6.65. The number of carbonyl (C=O) groups is 2. The summed E-state index contributed by atoms with van der Waals surface area (Å²) in [6.45, 7) is 5.41. The number of H-pyrrole nitrogens is 2. The smallest absolute Gasteiger partial charge is 0.268 e. The number of amides is 2. The first-order valence-electron chi connectivity index (χ1n) is 14.1. The molecule has 1 unspecified atom stereocenters. The first kappa shape index (κ1) is 28.7. The third-order valence-electron chi connectivity index (χ3n) is 7.24. The molecule has 2 heterocycles. The number of pyridine rings is 1. The molecule has 4 rings (SSSR count). The Kier molecular flexibility index (Phi) is 9.47. The summed E-state index contributed by atoms with van der Waals surface area (Å²) in [5.41, 5.74) is 1.29. The number of carbonyl (C=O) groups excluding carboxylic acids is 2. The summed E-state index contributed by atoms with van der Waals surface area (Å²) in [5, 5.41) is 24.2. The Morgan fingerprint density at radius 2 is 1.68 bits per heavy atom. The van der Waals surface area contributed by atoms with E-state index in [0.29, 0.717) is 13.1 Å². The lowest BCUT2D eigenvalue weighted by Crippen LogP contribution is -2.50. The van der Waals surface area contributed by atoms with E-state index in [2.05, 4.69) is 29.1 Å². The second-order valence-corrected chi connectivity index (χ2v) is 10.3. The maximum absolute atomic E-state index is 14.0. The van der Waals surface area contributed by atoms with Crippen molar-refractivity contribution in [2.45, 2.75) is 64.8 Å². The van der Waals surface area contributed by atoms with Gasteiger partial charge in [0.05, 0.1) is 5.52 Å². The van der Waals surface area contributed by atoms with Crippen LogP contribution in [0.25, 0.3) is 21.8 Å². The molecule has 212 valence electrons. The van der Waals surface area contributed by atoms with Gasteiger partial charge in [0.2, 0.25) is 5.91 Å². The number of aromatic amines is 2. The topological polar surface area (TPSA) is 139 Å². The number of rotatable bonds is 13. The largest absolute Gasteiger partial charge is 0.508 e. The van der Waals surface area contributed by atoms with Gasteiger partial charge in [-0.1, -0.05) is 45.6 Å². The maximum atomic E-state index is 14.0. The van der Waals surface area contributed by atoms with Gasteiger partial charge in [0.15, 0.2) is 5.43 Å². The highest BCUT2D eigenvalue weighted by Crippen LogP contribution is 2.25. The van der Waals surface area contributed by atoms with Crippen LogP contribution >= 0.6 is 0 Å². The lowest BCUT2D eigenvalue weighted by Gasteiger charge is -2.28. The number of nitrogens with one attached hydrogen (secondary N) is 3. The molecule has 5 N–H and O–H groups in total. The molecule has 2 aromatic heterocycles. The number of phenolic OH excluding ortho intramolecular Hbond substituents is 2. The number of nitrogens with zero attached hydrogens (tertiary/aromatic N) is 1. The highest BCUT2D eigenvalue weighted by molar-refractivity contribution is 5.98. The number of hydrogen-bond donors (Lipinski definition) is 5. The fraction of sp³-hybridized carbons (Fsp3) is 0.387. The Hall–Kier alpha value is -4.27. The van der Waals surface area contributed by atoms with Crippen LogP contribution in [0, 0.1) is 0 Å². The lowest BCUT2D eigenvalue weighted by atomic mass is 10.0. The Morgan fingerprint density at radius 1 is 0.950 bits per heavy atom. The Bertz CT molecular complexity index is 1530. The van der Waals surface area contributed by atoms with E-state index in [0.717, 1.165) is 55.0 Å². The summed E-state index contributed by atoms with van der Waals surface area (Å²) in [4.78, 5) is 48.0. The van der Waals surface area contributed by atoms with E-state index in [1.807, 2.05) is 4.90 Å². The zero-order valence-electron chi connectivity index (χ0n) is 23.1. The van der Waals surface area contributed by atoms with Gasteiger partial charge in [-0.05, 0) is 48.7 Å². The van der Waals surface area contributed by atoms with Gasteiger partial charge < -0.3 is 30.4 Å². The monoisotopic (exact) mass is 546 g/mol. The van der Waals surface area contributed by atoms with Gasteiger partial charge in [-0.3, -0.25) is 14.4 Å². The molecule has 0 aliphatic carbocycles. The summed E-state index contributed by atoms with van der Waals surface area (Å²) >= 11 is 0. The van der Waals surface area contributed by atoms with Crippen molar-refractivity contribution >= 4 is 33.6 Å². The lowest BCUT2D eigenvalue weighted by molar-refractivity contribution is -0.133. The average Bonchev–Trinajstić information content (AvgIpc) is 3.33. The minimum Gasteiger partial charge on any atom is -0.508 e. The van der Waals surface area contributed by atoms with Crippen LogP contribution in [0.4, 0.5) is 0 Å². The second kappa shape index (κ2) is 13.2. The van der Waals surface area contributed by atoms with E-state index in [-0.39, 0.29) is 40.4 Å². The van der Waals surface area contributed by atoms with Crippen LogP contribution in [0.5, 0.6) is 11.5 Å². The van der Waals surface area contributed by atoms with Gasteiger partial charge >= 0.3 is 0 Å². The van der Waals surface area contributed by atoms with Crippen LogP contribution in [0.2, 0.25) is 0 Å². The van der Waals surface area contributed by atoms with E-state index in [4.69, 9.17) is 0 Å². The first-order valence-corrected chi connectivity index (χ1v) is 14.1. The number of aromatic nitrogens is 2. The van der Waals surface area contributed by atoms with Gasteiger partial charge in [-0.2, -0.15) is 0 Å². The number of benzene rings is 2. The minimum atomic E-state index is -0.916. The number of fused-ring (bicyclic) bond motifs is 2. The normalized spacial score (nSPS) is 12.1. The maximum Gasteiger partial charge on any atom is 0.268 e. The fourth-order valence-corrected chi connectivity index (χ4v) is 5.03. The molecule has 2 aromatic carbocycles. The minimum absolute atomic E-state index is 0.0445. The molecule has 40 heavy (non-hydrogen) atoms. The molecule has 0 aliphatic rings. The first-order chi connectivity index (χ1) is 19.3. The standard InChI is InChI=1S/C31H38N4O5/c1-3-5-7-14-35(15-8-6-4-2)31(40)26(16-20-19-32-24-13-12-21(36)17-23(20)24)34-30(39)25-18-28(38)22-10-9-11-27(37)29(22)33-25/h9-13,17-19,26,32,36-37H,3-8,14-16H2,1-2H3,(H,33,38)(H,34,39). The average molecular weight is 547 g/mol. The molecular formula is C31H38N4O5. The van der Waals surface area contributed by atoms with Crippen molar-refractivity contribution in [3.8, 4) is 11.5 Å². The Balaban J connectivity index is 1.67. The number of hydrogen-bond acceptors (Lipinski definition) is 5. The zero-order valence-corrected chi connectivity index (χ0v) is 23.1. The van der Waals surface area contributed by atoms with Crippen molar-refractivity contribution in [1.29, 1.82) is 0 Å². The van der Waals surface area contributed by atoms with Gasteiger partial charge in [0.1, 0.15) is 23.2 Å². The number of para-hydroxylation sites is 1. The summed E-state index contributed by atoms with van der Waals surface area (Å²) in [6.07, 6.45) is 7.76. The Morgan fingerprint density at radius 3 is 2.38 bits per heavy atom. The zero-order chi connectivity index (χ0) is 28.6. The van der Waals surface area contributed by atoms with E-state index in [9.17, 15) is 24.6 Å². The van der Waals surface area contributed by atoms with Crippen molar-refractivity contribution < 1.29 is 19.8 Å². The van der Waals surface area contributed by atoms with Crippen LogP contribution in [0.3, 0.4) is 0 Å². The van der Waals surface area contributed by atoms with Gasteiger partial charge in [0.25, 0.3) is 5.91 Å². The van der Waals surface area contributed by atoms with E-state index >= 15 is 0 Å². The van der Waals surface area contributed by atoms with Gasteiger partial charge in [0, 0.05) is 48.1 Å². The molecule has 0 bridgehead atoms. The third-order valence-corrected chi connectivity index (χ3v) is 7.24. The van der Waals surface area contributed by atoms with Crippen molar-refractivity contribution in [2.24, 2.45) is 0 Å².